The zero-order valence-corrected chi connectivity index (χ0v) is 16.2. The van der Waals surface area contributed by atoms with Crippen LogP contribution in [0.4, 0.5) is 15.8 Å². The Balaban J connectivity index is 1.84. The Morgan fingerprint density at radius 3 is 2.66 bits per heavy atom. The quantitative estimate of drug-likeness (QED) is 0.708. The zero-order chi connectivity index (χ0) is 20.5. The second-order valence-corrected chi connectivity index (χ2v) is 7.34. The number of benzene rings is 1. The number of aromatic amines is 1. The Kier molecular flexibility index (Phi) is 4.88. The molecule has 7 heteroatoms. The summed E-state index contributed by atoms with van der Waals surface area (Å²) in [5.41, 5.74) is 3.23. The molecular formula is C22H21FN4O2. The number of ketones is 1. The van der Waals surface area contributed by atoms with Crippen molar-refractivity contribution in [1.29, 1.82) is 0 Å². The van der Waals surface area contributed by atoms with Crippen LogP contribution < -0.4 is 5.32 Å². The Morgan fingerprint density at radius 1 is 1.21 bits per heavy atom. The average Bonchev–Trinajstić information content (AvgIpc) is 3.07. The van der Waals surface area contributed by atoms with Crippen LogP contribution in [-0.2, 0) is 11.2 Å². The van der Waals surface area contributed by atoms with E-state index in [1.54, 1.807) is 20.2 Å². The molecule has 0 bridgehead atoms. The Hall–Kier alpha value is -3.48. The minimum absolute atomic E-state index is 0.0900. The highest BCUT2D eigenvalue weighted by molar-refractivity contribution is 6.09. The van der Waals surface area contributed by atoms with E-state index < -0.39 is 11.7 Å². The molecule has 2 aromatic heterocycles. The number of carbonyl (C=O) groups is 2. The summed E-state index contributed by atoms with van der Waals surface area (Å²) in [7, 11) is 3.36. The lowest BCUT2D eigenvalue weighted by Crippen LogP contribution is -2.35. The molecule has 0 aliphatic heterocycles. The highest BCUT2D eigenvalue weighted by Gasteiger charge is 2.35. The molecular weight excluding hydrogens is 371 g/mol. The summed E-state index contributed by atoms with van der Waals surface area (Å²) in [6, 6.07) is 11.0. The Morgan fingerprint density at radius 2 is 1.97 bits per heavy atom. The normalized spacial score (nSPS) is 15.7. The number of para-hydroxylation sites is 1. The maximum atomic E-state index is 14.5. The summed E-state index contributed by atoms with van der Waals surface area (Å²) in [5.74, 6) is -1.14. The fourth-order valence-corrected chi connectivity index (χ4v) is 3.77. The minimum atomic E-state index is -0.490. The van der Waals surface area contributed by atoms with Gasteiger partial charge in [-0.15, -0.1) is 0 Å². The molecule has 1 amide bonds. The molecule has 0 unspecified atom stereocenters. The van der Waals surface area contributed by atoms with Gasteiger partial charge >= 0.3 is 0 Å². The number of nitrogens with zero attached hydrogens (tertiary/aromatic N) is 2. The van der Waals surface area contributed by atoms with E-state index in [9.17, 15) is 14.0 Å². The molecule has 2 N–H and O–H groups in total. The smallest absolute Gasteiger partial charge is 0.226 e. The van der Waals surface area contributed by atoms with Crippen LogP contribution in [0.5, 0.6) is 0 Å². The van der Waals surface area contributed by atoms with Crippen molar-refractivity contribution in [2.75, 3.05) is 19.4 Å². The number of H-pyrrole nitrogens is 1. The molecule has 0 fully saturated rings. The van der Waals surface area contributed by atoms with E-state index in [1.165, 1.54) is 11.1 Å². The third-order valence-corrected chi connectivity index (χ3v) is 5.11. The van der Waals surface area contributed by atoms with Gasteiger partial charge in [-0.25, -0.2) is 4.39 Å². The van der Waals surface area contributed by atoms with Crippen molar-refractivity contribution in [3.8, 4) is 11.3 Å². The molecule has 6 nitrogen and oxygen atoms in total. The highest BCUT2D eigenvalue weighted by atomic mass is 19.1. The van der Waals surface area contributed by atoms with Gasteiger partial charge in [0.2, 0.25) is 5.91 Å². The molecule has 0 radical (unpaired) electrons. The van der Waals surface area contributed by atoms with E-state index in [4.69, 9.17) is 0 Å². The van der Waals surface area contributed by atoms with Gasteiger partial charge in [-0.1, -0.05) is 18.2 Å². The molecule has 1 aliphatic carbocycles. The molecule has 1 aliphatic rings. The summed E-state index contributed by atoms with van der Waals surface area (Å²) in [5, 5.41) is 3.27. The number of anilines is 2. The van der Waals surface area contributed by atoms with Crippen LogP contribution in [0, 0.1) is 11.7 Å². The number of aromatic nitrogens is 2. The van der Waals surface area contributed by atoms with Gasteiger partial charge in [-0.2, -0.15) is 0 Å². The largest absolute Gasteiger partial charge is 0.356 e. The number of pyridine rings is 1. The zero-order valence-electron chi connectivity index (χ0n) is 16.2. The molecule has 0 saturated carbocycles. The standard InChI is InChI=1S/C22H21FN4O2/c1-27(2)22(29)13-10-17-19(18(28)11-13)21(25-14-6-4-3-5-7-14)20(26-17)15-8-9-24-12-16(15)23/h3-9,12-13,25-26H,10-11H2,1-2H3/t13-/m0/s1. The van der Waals surface area contributed by atoms with E-state index in [2.05, 4.69) is 15.3 Å². The monoisotopic (exact) mass is 392 g/mol. The van der Waals surface area contributed by atoms with E-state index in [0.717, 1.165) is 11.9 Å². The van der Waals surface area contributed by atoms with Crippen LogP contribution >= 0.6 is 0 Å². The SMILES string of the molecule is CN(C)C(=O)[C@@H]1CC(=O)c2c([nH]c(-c3ccncc3F)c2Nc2ccccc2)C1. The van der Waals surface area contributed by atoms with Crippen LogP contribution in [0.2, 0.25) is 0 Å². The molecule has 1 aromatic carbocycles. The number of hydrogen-bond donors (Lipinski definition) is 2. The number of amides is 1. The maximum absolute atomic E-state index is 14.5. The number of rotatable bonds is 4. The minimum Gasteiger partial charge on any atom is -0.356 e. The fourth-order valence-electron chi connectivity index (χ4n) is 3.77. The van der Waals surface area contributed by atoms with Gasteiger partial charge in [0.15, 0.2) is 11.6 Å². The summed E-state index contributed by atoms with van der Waals surface area (Å²) >= 11 is 0. The summed E-state index contributed by atoms with van der Waals surface area (Å²) in [6.07, 6.45) is 3.17. The van der Waals surface area contributed by atoms with Gasteiger partial charge in [-0.3, -0.25) is 14.6 Å². The van der Waals surface area contributed by atoms with Gasteiger partial charge in [0.25, 0.3) is 0 Å². The van der Waals surface area contributed by atoms with Crippen molar-refractivity contribution in [3.05, 3.63) is 65.9 Å². The first kappa shape index (κ1) is 18.9. The van der Waals surface area contributed by atoms with Gasteiger partial charge in [-0.05, 0) is 18.2 Å². The average molecular weight is 392 g/mol. The Bertz CT molecular complexity index is 1080. The number of hydrogen-bond acceptors (Lipinski definition) is 4. The second-order valence-electron chi connectivity index (χ2n) is 7.34. The van der Waals surface area contributed by atoms with Gasteiger partial charge in [0.1, 0.15) is 0 Å². The van der Waals surface area contributed by atoms with E-state index in [1.807, 2.05) is 30.3 Å². The lowest BCUT2D eigenvalue weighted by molar-refractivity contribution is -0.133. The summed E-state index contributed by atoms with van der Waals surface area (Å²) in [4.78, 5) is 34.0. The van der Waals surface area contributed by atoms with Crippen molar-refractivity contribution >= 4 is 23.1 Å². The summed E-state index contributed by atoms with van der Waals surface area (Å²) < 4.78 is 14.5. The first-order valence-electron chi connectivity index (χ1n) is 9.37. The van der Waals surface area contributed by atoms with Crippen molar-refractivity contribution in [3.63, 3.8) is 0 Å². The van der Waals surface area contributed by atoms with Crippen molar-refractivity contribution in [1.82, 2.24) is 14.9 Å². The van der Waals surface area contributed by atoms with E-state index in [-0.39, 0.29) is 18.1 Å². The molecule has 1 atom stereocenters. The number of carbonyl (C=O) groups excluding carboxylic acids is 2. The topological polar surface area (TPSA) is 78.1 Å². The molecule has 2 heterocycles. The maximum Gasteiger partial charge on any atom is 0.226 e. The number of halogens is 1. The van der Waals surface area contributed by atoms with Crippen LogP contribution in [0.25, 0.3) is 11.3 Å². The van der Waals surface area contributed by atoms with Crippen LogP contribution in [0.1, 0.15) is 22.5 Å². The number of fused-ring (bicyclic) bond motifs is 1. The molecule has 4 rings (SSSR count). The third-order valence-electron chi connectivity index (χ3n) is 5.11. The predicted octanol–water partition coefficient (Wildman–Crippen LogP) is 3.79. The third kappa shape index (κ3) is 3.51. The first-order valence-corrected chi connectivity index (χ1v) is 9.37. The van der Waals surface area contributed by atoms with Gasteiger partial charge < -0.3 is 15.2 Å². The van der Waals surface area contributed by atoms with E-state index in [0.29, 0.717) is 34.6 Å². The molecule has 3 aromatic rings. The lowest BCUT2D eigenvalue weighted by Gasteiger charge is -2.24. The number of nitrogens with one attached hydrogen (secondary N) is 2. The lowest BCUT2D eigenvalue weighted by atomic mass is 9.85. The highest BCUT2D eigenvalue weighted by Crippen LogP contribution is 2.40. The van der Waals surface area contributed by atoms with Gasteiger partial charge in [0, 0.05) is 50.1 Å². The first-order chi connectivity index (χ1) is 14.0. The second kappa shape index (κ2) is 7.50. The van der Waals surface area contributed by atoms with Crippen LogP contribution in [0.3, 0.4) is 0 Å². The predicted molar refractivity (Wildman–Crippen MR) is 109 cm³/mol. The van der Waals surface area contributed by atoms with Crippen LogP contribution in [-0.4, -0.2) is 40.7 Å². The fraction of sp³-hybridized carbons (Fsp3) is 0.227. The number of Topliss-reactive ketones (excluding diaryl/α,β-unsaturated/α-hetero) is 1. The molecule has 0 saturated heterocycles. The molecule has 148 valence electrons. The Labute approximate surface area is 167 Å². The van der Waals surface area contributed by atoms with Crippen molar-refractivity contribution < 1.29 is 14.0 Å². The molecule has 29 heavy (non-hydrogen) atoms. The molecule has 0 spiro atoms. The van der Waals surface area contributed by atoms with Crippen molar-refractivity contribution in [2.45, 2.75) is 12.8 Å². The van der Waals surface area contributed by atoms with Crippen molar-refractivity contribution in [2.24, 2.45) is 5.92 Å². The van der Waals surface area contributed by atoms with E-state index >= 15 is 0 Å². The summed E-state index contributed by atoms with van der Waals surface area (Å²) in [6.45, 7) is 0. The van der Waals surface area contributed by atoms with Gasteiger partial charge in [0.05, 0.1) is 29.1 Å². The van der Waals surface area contributed by atoms with Crippen LogP contribution in [0.15, 0.2) is 48.8 Å².